The van der Waals surface area contributed by atoms with Crippen LogP contribution in [0.3, 0.4) is 0 Å². The van der Waals surface area contributed by atoms with Crippen LogP contribution in [0, 0.1) is 0 Å². The van der Waals surface area contributed by atoms with Crippen molar-refractivity contribution in [2.75, 3.05) is 0 Å². The predicted molar refractivity (Wildman–Crippen MR) is 86.6 cm³/mol. The minimum atomic E-state index is 0.499. The van der Waals surface area contributed by atoms with E-state index in [4.69, 9.17) is 11.6 Å². The summed E-state index contributed by atoms with van der Waals surface area (Å²) in [7, 11) is 0. The zero-order valence-corrected chi connectivity index (χ0v) is 13.4. The van der Waals surface area contributed by atoms with Gasteiger partial charge in [-0.1, -0.05) is 61.8 Å². The van der Waals surface area contributed by atoms with Gasteiger partial charge in [0.15, 0.2) is 0 Å². The molecule has 0 fully saturated rings. The molecule has 2 aromatic carbocycles. The van der Waals surface area contributed by atoms with Crippen molar-refractivity contribution in [3.05, 3.63) is 57.5 Å². The fourth-order valence-electron chi connectivity index (χ4n) is 1.85. The molecule has 2 aromatic rings. The van der Waals surface area contributed by atoms with Gasteiger partial charge in [-0.05, 0) is 33.1 Å². The van der Waals surface area contributed by atoms with E-state index in [0.717, 1.165) is 27.2 Å². The number of hydrogen-bond donors (Lipinski definition) is 1. The third-order valence-corrected chi connectivity index (χ3v) is 4.23. The van der Waals surface area contributed by atoms with Gasteiger partial charge >= 0.3 is 0 Å². The second kappa shape index (κ2) is 6.56. The summed E-state index contributed by atoms with van der Waals surface area (Å²) in [6.07, 6.45) is 0. The third kappa shape index (κ3) is 3.82. The fraction of sp³-hybridized carbons (Fsp3) is 0.250. The van der Waals surface area contributed by atoms with Gasteiger partial charge in [0.2, 0.25) is 0 Å². The molecule has 0 unspecified atom stereocenters. The molecule has 2 rings (SSSR count). The van der Waals surface area contributed by atoms with Crippen LogP contribution in [0.15, 0.2) is 46.9 Å². The highest BCUT2D eigenvalue weighted by atomic mass is 79.9. The number of rotatable bonds is 4. The molecule has 0 saturated carbocycles. The lowest BCUT2D eigenvalue weighted by atomic mass is 10.0. The van der Waals surface area contributed by atoms with Crippen molar-refractivity contribution in [2.24, 2.45) is 0 Å². The van der Waals surface area contributed by atoms with Gasteiger partial charge < -0.3 is 5.32 Å². The van der Waals surface area contributed by atoms with Crippen LogP contribution in [-0.2, 0) is 6.54 Å². The summed E-state index contributed by atoms with van der Waals surface area (Å²) >= 11 is 9.77. The molecule has 0 aliphatic heterocycles. The lowest BCUT2D eigenvalue weighted by molar-refractivity contribution is 0.589. The van der Waals surface area contributed by atoms with E-state index in [-0.39, 0.29) is 0 Å². The maximum Gasteiger partial charge on any atom is 0.0626 e. The van der Waals surface area contributed by atoms with Gasteiger partial charge in [-0.15, -0.1) is 0 Å². The molecular weight excluding hydrogens is 322 g/mol. The van der Waals surface area contributed by atoms with Crippen LogP contribution in [0.4, 0.5) is 0 Å². The Labute approximate surface area is 128 Å². The average Bonchev–Trinajstić information content (AvgIpc) is 2.40. The summed E-state index contributed by atoms with van der Waals surface area (Å²) in [6, 6.07) is 15.0. The average molecular weight is 339 g/mol. The minimum Gasteiger partial charge on any atom is -0.310 e. The van der Waals surface area contributed by atoms with Crippen molar-refractivity contribution in [3.63, 3.8) is 0 Å². The molecule has 0 atom stereocenters. The molecule has 0 amide bonds. The smallest absolute Gasteiger partial charge is 0.0626 e. The highest BCUT2D eigenvalue weighted by Crippen LogP contribution is 2.33. The lowest BCUT2D eigenvalue weighted by Gasteiger charge is -2.10. The van der Waals surface area contributed by atoms with Crippen molar-refractivity contribution in [3.8, 4) is 11.1 Å². The molecule has 1 N–H and O–H groups in total. The van der Waals surface area contributed by atoms with Gasteiger partial charge in [0.25, 0.3) is 0 Å². The third-order valence-electron chi connectivity index (χ3n) is 2.93. The Morgan fingerprint density at radius 2 is 1.79 bits per heavy atom. The van der Waals surface area contributed by atoms with Gasteiger partial charge in [0.05, 0.1) is 5.02 Å². The van der Waals surface area contributed by atoms with E-state index in [1.807, 2.05) is 18.2 Å². The number of nitrogens with one attached hydrogen (secondary N) is 1. The van der Waals surface area contributed by atoms with E-state index < -0.39 is 0 Å². The topological polar surface area (TPSA) is 12.0 Å². The van der Waals surface area contributed by atoms with Crippen LogP contribution in [0.25, 0.3) is 11.1 Å². The van der Waals surface area contributed by atoms with Crippen LogP contribution in [0.1, 0.15) is 19.4 Å². The van der Waals surface area contributed by atoms with Crippen LogP contribution in [0.5, 0.6) is 0 Å². The monoisotopic (exact) mass is 337 g/mol. The Morgan fingerprint density at radius 1 is 1.11 bits per heavy atom. The molecule has 0 saturated heterocycles. The normalized spacial score (nSPS) is 11.0. The van der Waals surface area contributed by atoms with Crippen molar-refractivity contribution >= 4 is 27.5 Å². The molecule has 0 aromatic heterocycles. The zero-order chi connectivity index (χ0) is 13.8. The summed E-state index contributed by atoms with van der Waals surface area (Å²) in [5.41, 5.74) is 3.47. The molecule has 0 radical (unpaired) electrons. The van der Waals surface area contributed by atoms with Crippen molar-refractivity contribution in [1.29, 1.82) is 0 Å². The Morgan fingerprint density at radius 3 is 2.42 bits per heavy atom. The van der Waals surface area contributed by atoms with E-state index >= 15 is 0 Å². The maximum absolute atomic E-state index is 6.31. The molecule has 3 heteroatoms. The molecule has 0 aliphatic carbocycles. The summed E-state index contributed by atoms with van der Waals surface area (Å²) in [5.74, 6) is 0. The SMILES string of the molecule is CC(C)NCc1ccc(-c2cccc(Br)c2Cl)cc1. The molecule has 0 spiro atoms. The Kier molecular flexibility index (Phi) is 5.03. The highest BCUT2D eigenvalue weighted by Gasteiger charge is 2.06. The van der Waals surface area contributed by atoms with E-state index in [9.17, 15) is 0 Å². The lowest BCUT2D eigenvalue weighted by Crippen LogP contribution is -2.21. The first-order valence-corrected chi connectivity index (χ1v) is 7.51. The van der Waals surface area contributed by atoms with Crippen LogP contribution < -0.4 is 5.32 Å². The Balaban J connectivity index is 2.20. The number of halogens is 2. The summed E-state index contributed by atoms with van der Waals surface area (Å²) in [6.45, 7) is 5.19. The van der Waals surface area contributed by atoms with Crippen molar-refractivity contribution in [2.45, 2.75) is 26.4 Å². The van der Waals surface area contributed by atoms with E-state index in [0.29, 0.717) is 6.04 Å². The first-order valence-electron chi connectivity index (χ1n) is 6.34. The van der Waals surface area contributed by atoms with E-state index in [1.165, 1.54) is 5.56 Å². The molecule has 19 heavy (non-hydrogen) atoms. The standard InChI is InChI=1S/C16H17BrClN/c1-11(2)19-10-12-6-8-13(9-7-12)14-4-3-5-15(17)16(14)18/h3-9,11,19H,10H2,1-2H3. The summed E-state index contributed by atoms with van der Waals surface area (Å²) in [4.78, 5) is 0. The predicted octanol–water partition coefficient (Wildman–Crippen LogP) is 5.27. The maximum atomic E-state index is 6.31. The van der Waals surface area contributed by atoms with Gasteiger partial charge in [0.1, 0.15) is 0 Å². The van der Waals surface area contributed by atoms with Crippen LogP contribution >= 0.6 is 27.5 Å². The van der Waals surface area contributed by atoms with Gasteiger partial charge in [-0.25, -0.2) is 0 Å². The largest absolute Gasteiger partial charge is 0.310 e. The quantitative estimate of drug-likeness (QED) is 0.801. The second-order valence-corrected chi connectivity index (χ2v) is 6.07. The number of benzene rings is 2. The number of hydrogen-bond acceptors (Lipinski definition) is 1. The molecule has 0 heterocycles. The molecular formula is C16H17BrClN. The highest BCUT2D eigenvalue weighted by molar-refractivity contribution is 9.10. The van der Waals surface area contributed by atoms with Crippen molar-refractivity contribution < 1.29 is 0 Å². The van der Waals surface area contributed by atoms with Crippen LogP contribution in [-0.4, -0.2) is 6.04 Å². The second-order valence-electron chi connectivity index (χ2n) is 4.83. The molecule has 0 aliphatic rings. The zero-order valence-electron chi connectivity index (χ0n) is 11.1. The van der Waals surface area contributed by atoms with Gasteiger partial charge in [-0.2, -0.15) is 0 Å². The van der Waals surface area contributed by atoms with Gasteiger partial charge in [-0.3, -0.25) is 0 Å². The van der Waals surface area contributed by atoms with Crippen LogP contribution in [0.2, 0.25) is 5.02 Å². The molecule has 1 nitrogen and oxygen atoms in total. The molecule has 100 valence electrons. The van der Waals surface area contributed by atoms with Gasteiger partial charge in [0, 0.05) is 22.6 Å². The van der Waals surface area contributed by atoms with E-state index in [1.54, 1.807) is 0 Å². The Bertz CT molecular complexity index is 549. The first-order chi connectivity index (χ1) is 9.08. The summed E-state index contributed by atoms with van der Waals surface area (Å²) < 4.78 is 0.928. The summed E-state index contributed by atoms with van der Waals surface area (Å²) in [5, 5.41) is 4.17. The minimum absolute atomic E-state index is 0.499. The van der Waals surface area contributed by atoms with Crippen molar-refractivity contribution in [1.82, 2.24) is 5.32 Å². The first kappa shape index (κ1) is 14.6. The molecule has 0 bridgehead atoms. The fourth-order valence-corrected chi connectivity index (χ4v) is 2.45. The Hall–Kier alpha value is -0.830. The van der Waals surface area contributed by atoms with E-state index in [2.05, 4.69) is 59.4 Å².